The Morgan fingerprint density at radius 2 is 1.70 bits per heavy atom. The number of hydrogen-bond donors (Lipinski definition) is 1. The Morgan fingerprint density at radius 1 is 1.15 bits per heavy atom. The van der Waals surface area contributed by atoms with Crippen LogP contribution in [0.5, 0.6) is 0 Å². The highest BCUT2D eigenvalue weighted by Crippen LogP contribution is 2.49. The molecular weight excluding hydrogens is 252 g/mol. The van der Waals surface area contributed by atoms with E-state index in [2.05, 4.69) is 5.32 Å². The summed E-state index contributed by atoms with van der Waals surface area (Å²) < 4.78 is 0. The van der Waals surface area contributed by atoms with Crippen molar-refractivity contribution in [2.75, 3.05) is 6.54 Å². The third-order valence-electron chi connectivity index (χ3n) is 5.11. The fourth-order valence-electron chi connectivity index (χ4n) is 3.71. The number of amides is 2. The van der Waals surface area contributed by atoms with Crippen molar-refractivity contribution < 1.29 is 9.59 Å². The summed E-state index contributed by atoms with van der Waals surface area (Å²) in [6.07, 6.45) is 5.27. The summed E-state index contributed by atoms with van der Waals surface area (Å²) in [5, 5.41) is 2.82. The molecule has 0 radical (unpaired) electrons. The fraction of sp³-hybridized carbons (Fsp3) is 0.875. The normalized spacial score (nSPS) is 31.1. The Balaban J connectivity index is 1.78. The zero-order valence-electron chi connectivity index (χ0n) is 12.8. The van der Waals surface area contributed by atoms with E-state index in [4.69, 9.17) is 0 Å². The van der Waals surface area contributed by atoms with Gasteiger partial charge in [-0.25, -0.2) is 0 Å². The van der Waals surface area contributed by atoms with E-state index in [1.165, 1.54) is 25.7 Å². The Bertz CT molecular complexity index is 401. The fourth-order valence-corrected chi connectivity index (χ4v) is 3.71. The highest BCUT2D eigenvalue weighted by molar-refractivity contribution is 5.96. The van der Waals surface area contributed by atoms with Crippen LogP contribution in [0.3, 0.4) is 0 Å². The maximum atomic E-state index is 12.5. The topological polar surface area (TPSA) is 49.4 Å². The van der Waals surface area contributed by atoms with Gasteiger partial charge in [-0.15, -0.1) is 0 Å². The molecule has 3 rings (SSSR count). The standard InChI is InChI=1S/C16H26N2O2/c1-9(2)14-15(19)17-10(3)16(20)18(14)8-13(11-4-5-11)12-6-7-12/h9-14H,4-8H2,1-3H3,(H,17,19). The molecule has 1 N–H and O–H groups in total. The molecule has 0 aromatic carbocycles. The molecule has 2 amide bonds. The molecule has 0 spiro atoms. The Kier molecular flexibility index (Phi) is 3.51. The third kappa shape index (κ3) is 2.57. The van der Waals surface area contributed by atoms with Crippen LogP contribution in [-0.2, 0) is 9.59 Å². The average Bonchev–Trinajstić information content (AvgIpc) is 3.25. The lowest BCUT2D eigenvalue weighted by Crippen LogP contribution is -2.64. The molecule has 2 aliphatic carbocycles. The zero-order chi connectivity index (χ0) is 14.4. The lowest BCUT2D eigenvalue weighted by molar-refractivity contribution is -0.151. The van der Waals surface area contributed by atoms with E-state index >= 15 is 0 Å². The van der Waals surface area contributed by atoms with Gasteiger partial charge in [0.15, 0.2) is 0 Å². The Morgan fingerprint density at radius 3 is 2.15 bits per heavy atom. The van der Waals surface area contributed by atoms with Crippen molar-refractivity contribution in [3.8, 4) is 0 Å². The molecule has 3 fully saturated rings. The van der Waals surface area contributed by atoms with Crippen molar-refractivity contribution in [2.24, 2.45) is 23.7 Å². The maximum Gasteiger partial charge on any atom is 0.245 e. The van der Waals surface area contributed by atoms with Gasteiger partial charge >= 0.3 is 0 Å². The first-order chi connectivity index (χ1) is 9.49. The average molecular weight is 278 g/mol. The van der Waals surface area contributed by atoms with Crippen molar-refractivity contribution in [1.82, 2.24) is 10.2 Å². The van der Waals surface area contributed by atoms with Gasteiger partial charge in [0.05, 0.1) is 0 Å². The number of hydrogen-bond acceptors (Lipinski definition) is 2. The molecular formula is C16H26N2O2. The lowest BCUT2D eigenvalue weighted by Gasteiger charge is -2.41. The molecule has 0 bridgehead atoms. The summed E-state index contributed by atoms with van der Waals surface area (Å²) in [6.45, 7) is 6.66. The van der Waals surface area contributed by atoms with Gasteiger partial charge in [-0.05, 0) is 56.3 Å². The van der Waals surface area contributed by atoms with Gasteiger partial charge in [0.1, 0.15) is 12.1 Å². The Labute approximate surface area is 121 Å². The van der Waals surface area contributed by atoms with Crippen molar-refractivity contribution in [3.05, 3.63) is 0 Å². The van der Waals surface area contributed by atoms with Crippen LogP contribution in [0, 0.1) is 23.7 Å². The van der Waals surface area contributed by atoms with Crippen LogP contribution in [0.25, 0.3) is 0 Å². The highest BCUT2D eigenvalue weighted by Gasteiger charge is 2.46. The van der Waals surface area contributed by atoms with Crippen LogP contribution < -0.4 is 5.32 Å². The second-order valence-electron chi connectivity index (χ2n) is 7.25. The molecule has 2 unspecified atom stereocenters. The van der Waals surface area contributed by atoms with Crippen molar-refractivity contribution in [3.63, 3.8) is 0 Å². The van der Waals surface area contributed by atoms with E-state index in [0.29, 0.717) is 5.92 Å². The minimum Gasteiger partial charge on any atom is -0.343 e. The van der Waals surface area contributed by atoms with Gasteiger partial charge in [0.2, 0.25) is 11.8 Å². The van der Waals surface area contributed by atoms with Gasteiger partial charge in [-0.3, -0.25) is 9.59 Å². The first-order valence-corrected chi connectivity index (χ1v) is 8.10. The quantitative estimate of drug-likeness (QED) is 0.833. The molecule has 1 saturated heterocycles. The van der Waals surface area contributed by atoms with E-state index < -0.39 is 0 Å². The molecule has 2 saturated carbocycles. The molecule has 1 aliphatic heterocycles. The molecule has 1 heterocycles. The van der Waals surface area contributed by atoms with Crippen LogP contribution in [0.4, 0.5) is 0 Å². The van der Waals surface area contributed by atoms with Crippen LogP contribution in [0.1, 0.15) is 46.5 Å². The number of rotatable bonds is 5. The van der Waals surface area contributed by atoms with Crippen LogP contribution >= 0.6 is 0 Å². The maximum absolute atomic E-state index is 12.5. The third-order valence-corrected chi connectivity index (χ3v) is 5.11. The zero-order valence-corrected chi connectivity index (χ0v) is 12.8. The first-order valence-electron chi connectivity index (χ1n) is 8.10. The number of carbonyl (C=O) groups excluding carboxylic acids is 2. The second kappa shape index (κ2) is 5.05. The van der Waals surface area contributed by atoms with E-state index in [0.717, 1.165) is 18.4 Å². The van der Waals surface area contributed by atoms with E-state index in [1.54, 1.807) is 6.92 Å². The minimum atomic E-state index is -0.364. The number of nitrogens with one attached hydrogen (secondary N) is 1. The largest absolute Gasteiger partial charge is 0.343 e. The van der Waals surface area contributed by atoms with Crippen LogP contribution in [0.2, 0.25) is 0 Å². The molecule has 4 nitrogen and oxygen atoms in total. The molecule has 112 valence electrons. The summed E-state index contributed by atoms with van der Waals surface area (Å²) in [5.74, 6) is 2.56. The van der Waals surface area contributed by atoms with Gasteiger partial charge in [-0.1, -0.05) is 13.8 Å². The molecule has 0 aromatic heterocycles. The molecule has 3 aliphatic rings. The molecule has 4 heteroatoms. The summed E-state index contributed by atoms with van der Waals surface area (Å²) in [4.78, 5) is 26.7. The summed E-state index contributed by atoms with van der Waals surface area (Å²) >= 11 is 0. The predicted molar refractivity (Wildman–Crippen MR) is 76.9 cm³/mol. The summed E-state index contributed by atoms with van der Waals surface area (Å²) in [5.41, 5.74) is 0. The van der Waals surface area contributed by atoms with Crippen molar-refractivity contribution in [1.29, 1.82) is 0 Å². The van der Waals surface area contributed by atoms with Crippen LogP contribution in [-0.4, -0.2) is 35.3 Å². The highest BCUT2D eigenvalue weighted by atomic mass is 16.2. The van der Waals surface area contributed by atoms with Crippen molar-refractivity contribution in [2.45, 2.75) is 58.5 Å². The predicted octanol–water partition coefficient (Wildman–Crippen LogP) is 1.79. The van der Waals surface area contributed by atoms with E-state index in [-0.39, 0.29) is 29.8 Å². The first kappa shape index (κ1) is 13.9. The minimum absolute atomic E-state index is 0.0254. The summed E-state index contributed by atoms with van der Waals surface area (Å²) in [6, 6.07) is -0.643. The van der Waals surface area contributed by atoms with Gasteiger partial charge in [-0.2, -0.15) is 0 Å². The van der Waals surface area contributed by atoms with E-state index in [1.807, 2.05) is 18.7 Å². The second-order valence-corrected chi connectivity index (χ2v) is 7.25. The van der Waals surface area contributed by atoms with Crippen molar-refractivity contribution >= 4 is 11.8 Å². The summed E-state index contributed by atoms with van der Waals surface area (Å²) in [7, 11) is 0. The van der Waals surface area contributed by atoms with Crippen LogP contribution in [0.15, 0.2) is 0 Å². The molecule has 2 atom stereocenters. The molecule has 20 heavy (non-hydrogen) atoms. The Hall–Kier alpha value is -1.06. The number of carbonyl (C=O) groups is 2. The van der Waals surface area contributed by atoms with E-state index in [9.17, 15) is 9.59 Å². The number of nitrogens with zero attached hydrogens (tertiary/aromatic N) is 1. The van der Waals surface area contributed by atoms with Gasteiger partial charge in [0.25, 0.3) is 0 Å². The number of piperazine rings is 1. The van der Waals surface area contributed by atoms with Gasteiger partial charge < -0.3 is 10.2 Å². The lowest BCUT2D eigenvalue weighted by atomic mass is 9.92. The monoisotopic (exact) mass is 278 g/mol. The smallest absolute Gasteiger partial charge is 0.245 e. The van der Waals surface area contributed by atoms with Gasteiger partial charge in [0, 0.05) is 6.54 Å². The molecule has 0 aromatic rings. The SMILES string of the molecule is CC1NC(=O)C(C(C)C)N(CC(C2CC2)C2CC2)C1=O.